The van der Waals surface area contributed by atoms with Gasteiger partial charge in [0.15, 0.2) is 0 Å². The van der Waals surface area contributed by atoms with Crippen LogP contribution in [-0.2, 0) is 6.61 Å². The summed E-state index contributed by atoms with van der Waals surface area (Å²) in [6, 6.07) is 12.2. The second-order valence-electron chi connectivity index (χ2n) is 5.94. The van der Waals surface area contributed by atoms with Gasteiger partial charge < -0.3 is 20.0 Å². The molecule has 136 valence electrons. The van der Waals surface area contributed by atoms with Crippen LogP contribution in [0.3, 0.4) is 0 Å². The van der Waals surface area contributed by atoms with E-state index < -0.39 is 0 Å². The Morgan fingerprint density at radius 3 is 2.81 bits per heavy atom. The van der Waals surface area contributed by atoms with Crippen LogP contribution in [0.25, 0.3) is 11.0 Å². The van der Waals surface area contributed by atoms with Crippen LogP contribution in [0.1, 0.15) is 21.1 Å². The van der Waals surface area contributed by atoms with Gasteiger partial charge in [-0.15, -0.1) is 11.3 Å². The maximum atomic E-state index is 12.7. The first kappa shape index (κ1) is 17.0. The van der Waals surface area contributed by atoms with Crippen molar-refractivity contribution in [2.75, 3.05) is 5.32 Å². The summed E-state index contributed by atoms with van der Waals surface area (Å²) < 4.78 is 5.80. The van der Waals surface area contributed by atoms with Crippen LogP contribution < -0.4 is 15.7 Å². The molecular weight excluding hydrogens is 364 g/mol. The van der Waals surface area contributed by atoms with E-state index in [1.807, 2.05) is 18.4 Å². The lowest BCUT2D eigenvalue weighted by Crippen LogP contribution is -2.13. The summed E-state index contributed by atoms with van der Waals surface area (Å²) in [5, 5.41) is 5.74. The highest BCUT2D eigenvalue weighted by atomic mass is 32.1. The van der Waals surface area contributed by atoms with Crippen molar-refractivity contribution in [3.63, 3.8) is 0 Å². The van der Waals surface area contributed by atoms with Crippen LogP contribution in [0.4, 0.5) is 5.69 Å². The molecule has 4 rings (SSSR count). The smallest absolute Gasteiger partial charge is 0.323 e. The molecule has 4 aromatic rings. The fourth-order valence-electron chi connectivity index (χ4n) is 2.72. The molecule has 0 unspecified atom stereocenters. The summed E-state index contributed by atoms with van der Waals surface area (Å²) in [5.74, 6) is 0.189. The molecule has 0 fully saturated rings. The lowest BCUT2D eigenvalue weighted by Gasteiger charge is -2.11. The highest BCUT2D eigenvalue weighted by Crippen LogP contribution is 2.22. The molecule has 3 N–H and O–H groups in total. The number of imidazole rings is 1. The van der Waals surface area contributed by atoms with Crippen molar-refractivity contribution in [2.24, 2.45) is 0 Å². The summed E-state index contributed by atoms with van der Waals surface area (Å²) in [7, 11) is 0. The number of para-hydroxylation sites is 1. The molecule has 8 heteroatoms. The van der Waals surface area contributed by atoms with E-state index in [0.717, 1.165) is 10.7 Å². The third-order valence-electron chi connectivity index (χ3n) is 3.95. The Balaban J connectivity index is 1.53. The number of aromatic nitrogens is 3. The van der Waals surface area contributed by atoms with Gasteiger partial charge in [0, 0.05) is 11.1 Å². The van der Waals surface area contributed by atoms with Crippen molar-refractivity contribution < 1.29 is 9.53 Å². The fourth-order valence-corrected chi connectivity index (χ4v) is 3.31. The van der Waals surface area contributed by atoms with E-state index in [0.29, 0.717) is 34.6 Å². The lowest BCUT2D eigenvalue weighted by atomic mass is 10.1. The van der Waals surface area contributed by atoms with Crippen molar-refractivity contribution in [2.45, 2.75) is 13.5 Å². The molecule has 0 bridgehead atoms. The van der Waals surface area contributed by atoms with Crippen LogP contribution in [0.15, 0.2) is 52.6 Å². The van der Waals surface area contributed by atoms with E-state index in [-0.39, 0.29) is 11.6 Å². The normalized spacial score (nSPS) is 10.9. The number of nitrogens with one attached hydrogen (secondary N) is 3. The molecule has 0 atom stereocenters. The summed E-state index contributed by atoms with van der Waals surface area (Å²) in [6.45, 7) is 2.23. The number of nitrogens with zero attached hydrogens (tertiary/aromatic N) is 1. The number of aromatic amines is 2. The number of hydrogen-bond donors (Lipinski definition) is 3. The summed E-state index contributed by atoms with van der Waals surface area (Å²) in [6.07, 6.45) is 0. The summed E-state index contributed by atoms with van der Waals surface area (Å²) in [4.78, 5) is 33.8. The van der Waals surface area contributed by atoms with E-state index >= 15 is 0 Å². The zero-order valence-electron chi connectivity index (χ0n) is 14.4. The van der Waals surface area contributed by atoms with Gasteiger partial charge in [0.25, 0.3) is 5.91 Å². The van der Waals surface area contributed by atoms with Crippen LogP contribution in [0.5, 0.6) is 5.75 Å². The molecule has 7 nitrogen and oxygen atoms in total. The number of hydrogen-bond acceptors (Lipinski definition) is 5. The van der Waals surface area contributed by atoms with Crippen molar-refractivity contribution in [1.82, 2.24) is 15.0 Å². The molecule has 2 aromatic heterocycles. The Morgan fingerprint density at radius 1 is 1.19 bits per heavy atom. The van der Waals surface area contributed by atoms with Crippen LogP contribution in [-0.4, -0.2) is 20.9 Å². The third kappa shape index (κ3) is 3.75. The monoisotopic (exact) mass is 380 g/mol. The van der Waals surface area contributed by atoms with E-state index in [4.69, 9.17) is 4.74 Å². The van der Waals surface area contributed by atoms with Crippen molar-refractivity contribution in [3.05, 3.63) is 74.6 Å². The summed E-state index contributed by atoms with van der Waals surface area (Å²) in [5.41, 5.74) is 2.85. The lowest BCUT2D eigenvalue weighted by molar-refractivity contribution is 0.102. The number of amides is 1. The van der Waals surface area contributed by atoms with Gasteiger partial charge >= 0.3 is 5.69 Å². The highest BCUT2D eigenvalue weighted by molar-refractivity contribution is 7.09. The van der Waals surface area contributed by atoms with E-state index in [2.05, 4.69) is 20.3 Å². The SMILES string of the molecule is Cc1nc(COc2ccccc2C(=O)Nc2ccc3[nH]c(=O)[nH]c3c2)cs1. The number of ether oxygens (including phenoxy) is 1. The van der Waals surface area contributed by atoms with Crippen LogP contribution in [0, 0.1) is 6.92 Å². The molecular formula is C19H16N4O3S. The standard InChI is InChI=1S/C19H16N4O3S/c1-11-20-13(10-27-11)9-26-17-5-3-2-4-14(17)18(24)21-12-6-7-15-16(8-12)23-19(25)22-15/h2-8,10H,9H2,1H3,(H,21,24)(H2,22,23,25). The third-order valence-corrected chi connectivity index (χ3v) is 4.77. The van der Waals surface area contributed by atoms with Crippen molar-refractivity contribution in [3.8, 4) is 5.75 Å². The minimum absolute atomic E-state index is 0.288. The molecule has 0 radical (unpaired) electrons. The molecule has 2 heterocycles. The van der Waals surface area contributed by atoms with Gasteiger partial charge in [-0.3, -0.25) is 4.79 Å². The van der Waals surface area contributed by atoms with Gasteiger partial charge in [-0.25, -0.2) is 9.78 Å². The molecule has 27 heavy (non-hydrogen) atoms. The molecule has 0 saturated carbocycles. The van der Waals surface area contributed by atoms with Gasteiger partial charge in [-0.2, -0.15) is 0 Å². The Kier molecular flexibility index (Phi) is 4.47. The first-order valence-corrected chi connectivity index (χ1v) is 9.13. The predicted molar refractivity (Wildman–Crippen MR) is 104 cm³/mol. The molecule has 1 amide bonds. The van der Waals surface area contributed by atoms with Crippen molar-refractivity contribution >= 4 is 34.0 Å². The zero-order valence-corrected chi connectivity index (χ0v) is 15.2. The number of H-pyrrole nitrogens is 2. The zero-order chi connectivity index (χ0) is 18.8. The van der Waals surface area contributed by atoms with Crippen LogP contribution in [0.2, 0.25) is 0 Å². The van der Waals surface area contributed by atoms with Gasteiger partial charge in [0.1, 0.15) is 12.4 Å². The van der Waals surface area contributed by atoms with E-state index in [1.54, 1.807) is 47.7 Å². The maximum Gasteiger partial charge on any atom is 0.323 e. The number of anilines is 1. The molecule has 2 aromatic carbocycles. The largest absolute Gasteiger partial charge is 0.486 e. The number of carbonyl (C=O) groups is 1. The number of carbonyl (C=O) groups excluding carboxylic acids is 1. The minimum Gasteiger partial charge on any atom is -0.486 e. The van der Waals surface area contributed by atoms with Crippen LogP contribution >= 0.6 is 11.3 Å². The number of fused-ring (bicyclic) bond motifs is 1. The molecule has 0 aliphatic heterocycles. The molecule has 0 spiro atoms. The molecule has 0 saturated heterocycles. The van der Waals surface area contributed by atoms with Gasteiger partial charge in [0.05, 0.1) is 27.3 Å². The number of thiazole rings is 1. The fraction of sp³-hybridized carbons (Fsp3) is 0.105. The second-order valence-corrected chi connectivity index (χ2v) is 7.00. The molecule has 0 aliphatic rings. The Bertz CT molecular complexity index is 1170. The average Bonchev–Trinajstić information content (AvgIpc) is 3.24. The Hall–Kier alpha value is -3.39. The topological polar surface area (TPSA) is 99.9 Å². The minimum atomic E-state index is -0.294. The van der Waals surface area contributed by atoms with Crippen molar-refractivity contribution in [1.29, 1.82) is 0 Å². The molecule has 0 aliphatic carbocycles. The maximum absolute atomic E-state index is 12.7. The predicted octanol–water partition coefficient (Wildman–Crippen LogP) is 3.45. The van der Waals surface area contributed by atoms with E-state index in [9.17, 15) is 9.59 Å². The van der Waals surface area contributed by atoms with Gasteiger partial charge in [-0.1, -0.05) is 12.1 Å². The first-order chi connectivity index (χ1) is 13.1. The Morgan fingerprint density at radius 2 is 2.00 bits per heavy atom. The summed E-state index contributed by atoms with van der Waals surface area (Å²) >= 11 is 1.56. The van der Waals surface area contributed by atoms with Gasteiger partial charge in [0.2, 0.25) is 0 Å². The second kappa shape index (κ2) is 7.08. The van der Waals surface area contributed by atoms with Gasteiger partial charge in [-0.05, 0) is 37.3 Å². The van der Waals surface area contributed by atoms with E-state index in [1.165, 1.54) is 0 Å². The highest BCUT2D eigenvalue weighted by Gasteiger charge is 2.13. The number of rotatable bonds is 5. The Labute approximate surface area is 158 Å². The first-order valence-electron chi connectivity index (χ1n) is 8.25. The average molecular weight is 380 g/mol. The number of aryl methyl sites for hydroxylation is 1. The number of benzene rings is 2. The quantitative estimate of drug-likeness (QED) is 0.494.